The zero-order chi connectivity index (χ0) is 8.15. The first kappa shape index (κ1) is 9.24. The molecule has 10 heavy (non-hydrogen) atoms. The molecule has 0 saturated heterocycles. The standard InChI is InChI=1S/C8H14O2/c1-6(4-7(2)9)5-8(3)10/h4,8-10H,2,5H2,1,3H3/b6-4-. The van der Waals surface area contributed by atoms with Crippen molar-refractivity contribution in [3.8, 4) is 0 Å². The molecular weight excluding hydrogens is 128 g/mol. The summed E-state index contributed by atoms with van der Waals surface area (Å²) in [7, 11) is 0. The third-order valence-corrected chi connectivity index (χ3v) is 1.03. The van der Waals surface area contributed by atoms with Crippen molar-refractivity contribution in [2.45, 2.75) is 26.4 Å². The van der Waals surface area contributed by atoms with Crippen LogP contribution in [0.4, 0.5) is 0 Å². The van der Waals surface area contributed by atoms with E-state index >= 15 is 0 Å². The lowest BCUT2D eigenvalue weighted by molar-refractivity contribution is 0.195. The van der Waals surface area contributed by atoms with Crippen LogP contribution in [0.1, 0.15) is 20.3 Å². The second kappa shape index (κ2) is 4.12. The highest BCUT2D eigenvalue weighted by Crippen LogP contribution is 2.05. The minimum Gasteiger partial charge on any atom is -0.509 e. The van der Waals surface area contributed by atoms with Crippen molar-refractivity contribution in [3.63, 3.8) is 0 Å². The summed E-state index contributed by atoms with van der Waals surface area (Å²) in [5.74, 6) is 0.0400. The lowest BCUT2D eigenvalue weighted by Gasteiger charge is -2.02. The number of aliphatic hydroxyl groups excluding tert-OH is 2. The molecule has 1 unspecified atom stereocenters. The van der Waals surface area contributed by atoms with Gasteiger partial charge in [0.15, 0.2) is 0 Å². The lowest BCUT2D eigenvalue weighted by atomic mass is 10.1. The van der Waals surface area contributed by atoms with E-state index in [0.29, 0.717) is 6.42 Å². The molecule has 0 aliphatic carbocycles. The van der Waals surface area contributed by atoms with Crippen molar-refractivity contribution in [1.29, 1.82) is 0 Å². The Morgan fingerprint density at radius 3 is 2.50 bits per heavy atom. The Morgan fingerprint density at radius 2 is 2.20 bits per heavy atom. The molecule has 1 atom stereocenters. The molecule has 0 saturated carbocycles. The highest BCUT2D eigenvalue weighted by Gasteiger charge is 1.96. The largest absolute Gasteiger partial charge is 0.509 e. The van der Waals surface area contributed by atoms with Gasteiger partial charge in [-0.05, 0) is 26.3 Å². The summed E-state index contributed by atoms with van der Waals surface area (Å²) in [6.45, 7) is 6.85. The van der Waals surface area contributed by atoms with Gasteiger partial charge >= 0.3 is 0 Å². The summed E-state index contributed by atoms with van der Waals surface area (Å²) in [6, 6.07) is 0. The first-order valence-corrected chi connectivity index (χ1v) is 3.25. The first-order chi connectivity index (χ1) is 4.52. The van der Waals surface area contributed by atoms with Crippen LogP contribution in [-0.4, -0.2) is 16.3 Å². The van der Waals surface area contributed by atoms with Gasteiger partial charge in [0, 0.05) is 0 Å². The molecule has 58 valence electrons. The molecule has 0 aliphatic rings. The van der Waals surface area contributed by atoms with E-state index in [1.165, 1.54) is 0 Å². The zero-order valence-electron chi connectivity index (χ0n) is 6.46. The van der Waals surface area contributed by atoms with E-state index in [1.54, 1.807) is 13.0 Å². The van der Waals surface area contributed by atoms with Crippen LogP contribution in [-0.2, 0) is 0 Å². The summed E-state index contributed by atoms with van der Waals surface area (Å²) in [5, 5.41) is 17.6. The number of hydrogen-bond acceptors (Lipinski definition) is 2. The summed E-state index contributed by atoms with van der Waals surface area (Å²) in [6.07, 6.45) is 1.78. The van der Waals surface area contributed by atoms with Crippen molar-refractivity contribution < 1.29 is 10.2 Å². The van der Waals surface area contributed by atoms with Gasteiger partial charge in [-0.25, -0.2) is 0 Å². The summed E-state index contributed by atoms with van der Waals surface area (Å²) < 4.78 is 0. The van der Waals surface area contributed by atoms with E-state index in [9.17, 15) is 0 Å². The van der Waals surface area contributed by atoms with E-state index in [4.69, 9.17) is 10.2 Å². The maximum Gasteiger partial charge on any atom is 0.108 e. The van der Waals surface area contributed by atoms with Crippen molar-refractivity contribution in [2.24, 2.45) is 0 Å². The highest BCUT2D eigenvalue weighted by molar-refractivity contribution is 5.13. The molecular formula is C8H14O2. The predicted octanol–water partition coefficient (Wildman–Crippen LogP) is 1.78. The lowest BCUT2D eigenvalue weighted by Crippen LogP contribution is -1.99. The number of rotatable bonds is 3. The fraction of sp³-hybridized carbons (Fsp3) is 0.500. The van der Waals surface area contributed by atoms with E-state index < -0.39 is 0 Å². The third kappa shape index (κ3) is 5.38. The molecule has 0 fully saturated rings. The number of hydrogen-bond donors (Lipinski definition) is 2. The molecule has 0 bridgehead atoms. The average Bonchev–Trinajstić information content (AvgIpc) is 1.58. The Kier molecular flexibility index (Phi) is 3.81. The van der Waals surface area contributed by atoms with E-state index in [0.717, 1.165) is 5.57 Å². The van der Waals surface area contributed by atoms with Gasteiger partial charge < -0.3 is 10.2 Å². The summed E-state index contributed by atoms with van der Waals surface area (Å²) in [4.78, 5) is 0. The van der Waals surface area contributed by atoms with Gasteiger partial charge in [0.2, 0.25) is 0 Å². The molecule has 0 aliphatic heterocycles. The fourth-order valence-electron chi connectivity index (χ4n) is 0.809. The Balaban J connectivity index is 3.83. The van der Waals surface area contributed by atoms with Gasteiger partial charge in [0.25, 0.3) is 0 Å². The predicted molar refractivity (Wildman–Crippen MR) is 41.8 cm³/mol. The van der Waals surface area contributed by atoms with Crippen LogP contribution in [0, 0.1) is 0 Å². The van der Waals surface area contributed by atoms with Crippen LogP contribution in [0.25, 0.3) is 0 Å². The van der Waals surface area contributed by atoms with Gasteiger partial charge in [-0.2, -0.15) is 0 Å². The van der Waals surface area contributed by atoms with Crippen LogP contribution >= 0.6 is 0 Å². The van der Waals surface area contributed by atoms with Crippen LogP contribution in [0.3, 0.4) is 0 Å². The molecule has 0 spiro atoms. The third-order valence-electron chi connectivity index (χ3n) is 1.03. The van der Waals surface area contributed by atoms with Crippen LogP contribution < -0.4 is 0 Å². The quantitative estimate of drug-likeness (QED) is 0.465. The van der Waals surface area contributed by atoms with Gasteiger partial charge in [-0.3, -0.25) is 0 Å². The molecule has 2 N–H and O–H groups in total. The van der Waals surface area contributed by atoms with E-state index in [1.807, 2.05) is 6.92 Å². The van der Waals surface area contributed by atoms with Gasteiger partial charge in [-0.1, -0.05) is 12.2 Å². The van der Waals surface area contributed by atoms with Crippen LogP contribution in [0.2, 0.25) is 0 Å². The van der Waals surface area contributed by atoms with Crippen molar-refractivity contribution in [1.82, 2.24) is 0 Å². The smallest absolute Gasteiger partial charge is 0.108 e. The maximum absolute atomic E-state index is 8.88. The Labute approximate surface area is 61.5 Å². The highest BCUT2D eigenvalue weighted by atomic mass is 16.3. The van der Waals surface area contributed by atoms with E-state index in [2.05, 4.69) is 6.58 Å². The minimum atomic E-state index is -0.351. The monoisotopic (exact) mass is 142 g/mol. The minimum absolute atomic E-state index is 0.0400. The van der Waals surface area contributed by atoms with Crippen LogP contribution in [0.5, 0.6) is 0 Å². The van der Waals surface area contributed by atoms with Crippen molar-refractivity contribution in [3.05, 3.63) is 24.0 Å². The topological polar surface area (TPSA) is 40.5 Å². The molecule has 0 radical (unpaired) electrons. The van der Waals surface area contributed by atoms with Gasteiger partial charge in [-0.15, -0.1) is 0 Å². The molecule has 2 heteroatoms. The molecule has 0 aromatic carbocycles. The summed E-state index contributed by atoms with van der Waals surface area (Å²) in [5.41, 5.74) is 0.933. The summed E-state index contributed by atoms with van der Waals surface area (Å²) >= 11 is 0. The molecule has 2 nitrogen and oxygen atoms in total. The number of aliphatic hydroxyl groups is 2. The number of allylic oxidation sites excluding steroid dienone is 1. The molecule has 0 heterocycles. The second-order valence-electron chi connectivity index (χ2n) is 2.54. The molecule has 0 aromatic rings. The van der Waals surface area contributed by atoms with Gasteiger partial charge in [0.1, 0.15) is 5.76 Å². The SMILES string of the molecule is C=C(O)/C=C(/C)CC(C)O. The van der Waals surface area contributed by atoms with Gasteiger partial charge in [0.05, 0.1) is 6.10 Å². The molecule has 0 rings (SSSR count). The zero-order valence-corrected chi connectivity index (χ0v) is 6.46. The molecule has 0 amide bonds. The first-order valence-electron chi connectivity index (χ1n) is 3.25. The van der Waals surface area contributed by atoms with Crippen LogP contribution in [0.15, 0.2) is 24.0 Å². The van der Waals surface area contributed by atoms with E-state index in [-0.39, 0.29) is 11.9 Å². The van der Waals surface area contributed by atoms with Crippen molar-refractivity contribution >= 4 is 0 Å². The second-order valence-corrected chi connectivity index (χ2v) is 2.54. The normalized spacial score (nSPS) is 14.9. The fourth-order valence-corrected chi connectivity index (χ4v) is 0.809. The maximum atomic E-state index is 8.88. The molecule has 0 aromatic heterocycles. The Morgan fingerprint density at radius 1 is 1.70 bits per heavy atom. The Hall–Kier alpha value is -0.760. The van der Waals surface area contributed by atoms with Crippen molar-refractivity contribution in [2.75, 3.05) is 0 Å². The average molecular weight is 142 g/mol. The Bertz CT molecular complexity index is 145.